The van der Waals surface area contributed by atoms with Crippen molar-refractivity contribution in [2.75, 3.05) is 40.1 Å². The second kappa shape index (κ2) is 11.8. The van der Waals surface area contributed by atoms with Crippen LogP contribution in [0.4, 0.5) is 0 Å². The lowest BCUT2D eigenvalue weighted by Gasteiger charge is -2.05. The maximum atomic E-state index is 5.31. The molecule has 0 aliphatic rings. The lowest BCUT2D eigenvalue weighted by Crippen LogP contribution is -2.22. The zero-order valence-electron chi connectivity index (χ0n) is 8.67. The molecule has 0 aliphatic heterocycles. The number of methoxy groups -OCH3 is 1. The van der Waals surface area contributed by atoms with E-state index >= 15 is 0 Å². The van der Waals surface area contributed by atoms with Crippen molar-refractivity contribution < 1.29 is 14.3 Å². The monoisotopic (exact) mass is 191 g/mol. The molecule has 1 N–H and O–H groups in total. The fourth-order valence-corrected chi connectivity index (χ4v) is 0.732. The van der Waals surface area contributed by atoms with Crippen LogP contribution in [-0.2, 0) is 14.3 Å². The van der Waals surface area contributed by atoms with Gasteiger partial charge in [0, 0.05) is 20.3 Å². The number of ether oxygens (including phenoxy) is 2. The zero-order chi connectivity index (χ0) is 9.78. The van der Waals surface area contributed by atoms with Crippen LogP contribution in [0.5, 0.6) is 0 Å². The van der Waals surface area contributed by atoms with Gasteiger partial charge in [0.25, 0.3) is 0 Å². The van der Waals surface area contributed by atoms with Crippen molar-refractivity contribution in [3.63, 3.8) is 0 Å². The molecule has 4 heteroatoms. The van der Waals surface area contributed by atoms with Crippen molar-refractivity contribution in [3.05, 3.63) is 0 Å². The van der Waals surface area contributed by atoms with E-state index in [1.54, 1.807) is 7.11 Å². The third-order valence-electron chi connectivity index (χ3n) is 1.48. The first-order valence-electron chi connectivity index (χ1n) is 4.83. The predicted octanol–water partition coefficient (Wildman–Crippen LogP) is 0.971. The standard InChI is InChI=1S/C9H21NO3/c1-3-4-6-12-7-5-10-13-9-8-11-2/h10H,3-9H2,1-2H3. The summed E-state index contributed by atoms with van der Waals surface area (Å²) in [5, 5.41) is 0. The van der Waals surface area contributed by atoms with Gasteiger partial charge in [0.2, 0.25) is 0 Å². The summed E-state index contributed by atoms with van der Waals surface area (Å²) in [5.41, 5.74) is 2.79. The zero-order valence-corrected chi connectivity index (χ0v) is 8.67. The van der Waals surface area contributed by atoms with Gasteiger partial charge >= 0.3 is 0 Å². The molecule has 0 radical (unpaired) electrons. The van der Waals surface area contributed by atoms with Crippen LogP contribution in [0.2, 0.25) is 0 Å². The van der Waals surface area contributed by atoms with Crippen molar-refractivity contribution in [1.29, 1.82) is 0 Å². The first-order valence-corrected chi connectivity index (χ1v) is 4.83. The summed E-state index contributed by atoms with van der Waals surface area (Å²) >= 11 is 0. The van der Waals surface area contributed by atoms with E-state index in [0.717, 1.165) is 19.6 Å². The Kier molecular flexibility index (Phi) is 11.7. The van der Waals surface area contributed by atoms with Crippen molar-refractivity contribution in [3.8, 4) is 0 Å². The summed E-state index contributed by atoms with van der Waals surface area (Å²) in [6, 6.07) is 0. The van der Waals surface area contributed by atoms with E-state index in [-0.39, 0.29) is 0 Å². The van der Waals surface area contributed by atoms with Gasteiger partial charge < -0.3 is 9.47 Å². The van der Waals surface area contributed by atoms with Crippen molar-refractivity contribution in [1.82, 2.24) is 5.48 Å². The molecule has 0 bridgehead atoms. The summed E-state index contributed by atoms with van der Waals surface area (Å²) in [4.78, 5) is 5.03. The van der Waals surface area contributed by atoms with Crippen LogP contribution in [0, 0.1) is 0 Å². The van der Waals surface area contributed by atoms with Gasteiger partial charge in [-0.3, -0.25) is 4.84 Å². The maximum Gasteiger partial charge on any atom is 0.0915 e. The molecular weight excluding hydrogens is 170 g/mol. The van der Waals surface area contributed by atoms with Crippen LogP contribution in [0.25, 0.3) is 0 Å². The average molecular weight is 191 g/mol. The third-order valence-corrected chi connectivity index (χ3v) is 1.48. The van der Waals surface area contributed by atoms with Crippen molar-refractivity contribution in [2.24, 2.45) is 0 Å². The minimum absolute atomic E-state index is 0.575. The average Bonchev–Trinajstić information content (AvgIpc) is 2.16. The van der Waals surface area contributed by atoms with Crippen LogP contribution in [0.15, 0.2) is 0 Å². The van der Waals surface area contributed by atoms with E-state index in [2.05, 4.69) is 12.4 Å². The minimum atomic E-state index is 0.575. The molecule has 0 fully saturated rings. The number of unbranched alkanes of at least 4 members (excludes halogenated alkanes) is 1. The second-order valence-electron chi connectivity index (χ2n) is 2.70. The highest BCUT2D eigenvalue weighted by atomic mass is 16.7. The molecule has 0 aromatic rings. The molecule has 13 heavy (non-hydrogen) atoms. The highest BCUT2D eigenvalue weighted by Crippen LogP contribution is 1.86. The smallest absolute Gasteiger partial charge is 0.0915 e. The van der Waals surface area contributed by atoms with E-state index in [1.165, 1.54) is 6.42 Å². The summed E-state index contributed by atoms with van der Waals surface area (Å²) in [6.07, 6.45) is 2.31. The van der Waals surface area contributed by atoms with Gasteiger partial charge in [0.15, 0.2) is 0 Å². The van der Waals surface area contributed by atoms with Gasteiger partial charge in [-0.15, -0.1) is 0 Å². The summed E-state index contributed by atoms with van der Waals surface area (Å²) in [7, 11) is 1.65. The molecule has 0 saturated heterocycles. The SMILES string of the molecule is CCCCOCCNOCCOC. The molecule has 0 aromatic carbocycles. The van der Waals surface area contributed by atoms with Crippen LogP contribution in [0.1, 0.15) is 19.8 Å². The van der Waals surface area contributed by atoms with Gasteiger partial charge in [-0.2, -0.15) is 0 Å². The summed E-state index contributed by atoms with van der Waals surface area (Å²) < 4.78 is 10.1. The normalized spacial score (nSPS) is 10.6. The van der Waals surface area contributed by atoms with E-state index in [1.807, 2.05) is 0 Å². The quantitative estimate of drug-likeness (QED) is 0.412. The van der Waals surface area contributed by atoms with Gasteiger partial charge in [-0.1, -0.05) is 13.3 Å². The van der Waals surface area contributed by atoms with Gasteiger partial charge in [-0.05, 0) is 6.42 Å². The molecule has 0 amide bonds. The number of nitrogens with one attached hydrogen (secondary N) is 1. The number of hydrogen-bond donors (Lipinski definition) is 1. The Morgan fingerprint density at radius 1 is 1.08 bits per heavy atom. The van der Waals surface area contributed by atoms with E-state index < -0.39 is 0 Å². The molecule has 0 atom stereocenters. The maximum absolute atomic E-state index is 5.31. The Morgan fingerprint density at radius 2 is 1.92 bits per heavy atom. The van der Waals surface area contributed by atoms with Crippen LogP contribution < -0.4 is 5.48 Å². The van der Waals surface area contributed by atoms with E-state index in [4.69, 9.17) is 14.3 Å². The van der Waals surface area contributed by atoms with E-state index in [0.29, 0.717) is 19.8 Å². The van der Waals surface area contributed by atoms with Gasteiger partial charge in [-0.25, -0.2) is 5.48 Å². The Labute approximate surface area is 80.5 Å². The molecule has 0 unspecified atom stereocenters. The summed E-state index contributed by atoms with van der Waals surface area (Å²) in [5.74, 6) is 0. The highest BCUT2D eigenvalue weighted by Gasteiger charge is 1.88. The number of hydrogen-bond acceptors (Lipinski definition) is 4. The largest absolute Gasteiger partial charge is 0.382 e. The summed E-state index contributed by atoms with van der Waals surface area (Å²) in [6.45, 7) is 5.61. The predicted molar refractivity (Wildman–Crippen MR) is 51.6 cm³/mol. The molecule has 0 aliphatic carbocycles. The second-order valence-corrected chi connectivity index (χ2v) is 2.70. The third kappa shape index (κ3) is 11.8. The Balaban J connectivity index is 2.76. The molecule has 80 valence electrons. The first-order chi connectivity index (χ1) is 6.41. The Morgan fingerprint density at radius 3 is 2.62 bits per heavy atom. The number of rotatable bonds is 10. The van der Waals surface area contributed by atoms with Crippen LogP contribution >= 0.6 is 0 Å². The number of hydroxylamine groups is 1. The molecular formula is C9H21NO3. The van der Waals surface area contributed by atoms with Crippen molar-refractivity contribution in [2.45, 2.75) is 19.8 Å². The van der Waals surface area contributed by atoms with Crippen molar-refractivity contribution >= 4 is 0 Å². The molecule has 0 heterocycles. The van der Waals surface area contributed by atoms with E-state index in [9.17, 15) is 0 Å². The minimum Gasteiger partial charge on any atom is -0.382 e. The fourth-order valence-electron chi connectivity index (χ4n) is 0.732. The first kappa shape index (κ1) is 12.8. The molecule has 0 aromatic heterocycles. The molecule has 0 spiro atoms. The van der Waals surface area contributed by atoms with Crippen LogP contribution in [-0.4, -0.2) is 40.1 Å². The Hall–Kier alpha value is -0.160. The fraction of sp³-hybridized carbons (Fsp3) is 1.00. The Bertz CT molecular complexity index is 80.9. The van der Waals surface area contributed by atoms with Gasteiger partial charge in [0.1, 0.15) is 0 Å². The van der Waals surface area contributed by atoms with Crippen LogP contribution in [0.3, 0.4) is 0 Å². The lowest BCUT2D eigenvalue weighted by atomic mass is 10.4. The molecule has 0 saturated carbocycles. The van der Waals surface area contributed by atoms with Gasteiger partial charge in [0.05, 0.1) is 19.8 Å². The highest BCUT2D eigenvalue weighted by molar-refractivity contribution is 4.35. The molecule has 0 rings (SSSR count). The topological polar surface area (TPSA) is 39.7 Å². The molecule has 4 nitrogen and oxygen atoms in total. The lowest BCUT2D eigenvalue weighted by molar-refractivity contribution is -0.00567.